The summed E-state index contributed by atoms with van der Waals surface area (Å²) in [6, 6.07) is 0.467. The van der Waals surface area contributed by atoms with Crippen LogP contribution in [0.2, 0.25) is 0 Å². The second-order valence-electron chi connectivity index (χ2n) is 4.40. The number of nitrogens with one attached hydrogen (secondary N) is 1. The minimum Gasteiger partial charge on any atom is -0.359 e. The molecule has 82 valence electrons. The van der Waals surface area contributed by atoms with Crippen molar-refractivity contribution in [3.05, 3.63) is 0 Å². The molecule has 0 aromatic carbocycles. The highest BCUT2D eigenvalue weighted by Crippen LogP contribution is 2.26. The molecule has 1 fully saturated rings. The number of aliphatic imine (C=N–C) groups is 1. The van der Waals surface area contributed by atoms with Gasteiger partial charge < -0.3 is 5.32 Å². The Hall–Kier alpha value is -0.180. The molecule has 0 bridgehead atoms. The van der Waals surface area contributed by atoms with Crippen molar-refractivity contribution in [1.29, 1.82) is 0 Å². The highest BCUT2D eigenvalue weighted by atomic mass is 32.2. The maximum Gasteiger partial charge on any atom is 0.157 e. The fourth-order valence-corrected chi connectivity index (χ4v) is 2.81. The number of hydrogen-bond donors (Lipinski definition) is 1. The Morgan fingerprint density at radius 1 is 1.57 bits per heavy atom. The molecular weight excluding hydrogens is 192 g/mol. The van der Waals surface area contributed by atoms with Crippen LogP contribution < -0.4 is 5.32 Å². The van der Waals surface area contributed by atoms with Crippen LogP contribution in [0.3, 0.4) is 0 Å². The number of thioether (sulfide) groups is 1. The zero-order valence-corrected chi connectivity index (χ0v) is 10.6. The Morgan fingerprint density at radius 3 is 2.79 bits per heavy atom. The van der Waals surface area contributed by atoms with Gasteiger partial charge >= 0.3 is 0 Å². The second kappa shape index (κ2) is 5.06. The van der Waals surface area contributed by atoms with Gasteiger partial charge in [0.1, 0.15) is 0 Å². The Bertz CT molecular complexity index is 215. The largest absolute Gasteiger partial charge is 0.359 e. The zero-order valence-electron chi connectivity index (χ0n) is 9.76. The first-order valence-corrected chi connectivity index (χ1v) is 6.57. The Kier molecular flexibility index (Phi) is 4.30. The van der Waals surface area contributed by atoms with E-state index in [-0.39, 0.29) is 5.54 Å². The number of amidine groups is 1. The summed E-state index contributed by atoms with van der Waals surface area (Å²) in [5.41, 5.74) is 0.273. The topological polar surface area (TPSA) is 24.4 Å². The summed E-state index contributed by atoms with van der Waals surface area (Å²) in [7, 11) is 0. The van der Waals surface area contributed by atoms with E-state index in [1.807, 2.05) is 11.8 Å². The second-order valence-corrected chi connectivity index (χ2v) is 5.36. The van der Waals surface area contributed by atoms with Crippen molar-refractivity contribution in [2.24, 2.45) is 4.99 Å². The SMILES string of the molecule is CCCC(C)N=C1NC(C)(CC)CS1. The van der Waals surface area contributed by atoms with Crippen molar-refractivity contribution in [3.63, 3.8) is 0 Å². The van der Waals surface area contributed by atoms with Gasteiger partial charge in [-0.15, -0.1) is 0 Å². The maximum atomic E-state index is 4.68. The van der Waals surface area contributed by atoms with Crippen LogP contribution in [0.5, 0.6) is 0 Å². The quantitative estimate of drug-likeness (QED) is 0.778. The smallest absolute Gasteiger partial charge is 0.157 e. The van der Waals surface area contributed by atoms with Crippen LogP contribution in [0.1, 0.15) is 47.0 Å². The average Bonchev–Trinajstić information content (AvgIpc) is 2.49. The van der Waals surface area contributed by atoms with E-state index in [2.05, 4.69) is 38.0 Å². The van der Waals surface area contributed by atoms with Gasteiger partial charge in [0.05, 0.1) is 0 Å². The summed E-state index contributed by atoms with van der Waals surface area (Å²) in [5.74, 6) is 1.15. The summed E-state index contributed by atoms with van der Waals surface area (Å²) in [6.45, 7) is 8.90. The van der Waals surface area contributed by atoms with Gasteiger partial charge in [-0.05, 0) is 26.7 Å². The molecule has 0 radical (unpaired) electrons. The van der Waals surface area contributed by atoms with Crippen molar-refractivity contribution >= 4 is 16.9 Å². The van der Waals surface area contributed by atoms with E-state index < -0.39 is 0 Å². The third kappa shape index (κ3) is 3.19. The fourth-order valence-electron chi connectivity index (χ4n) is 1.50. The van der Waals surface area contributed by atoms with Crippen LogP contribution in [-0.4, -0.2) is 22.5 Å². The summed E-state index contributed by atoms with van der Waals surface area (Å²) >= 11 is 1.87. The highest BCUT2D eigenvalue weighted by Gasteiger charge is 2.30. The molecular formula is C11H22N2S. The normalized spacial score (nSPS) is 31.9. The van der Waals surface area contributed by atoms with Crippen molar-refractivity contribution < 1.29 is 0 Å². The van der Waals surface area contributed by atoms with Gasteiger partial charge in [0.2, 0.25) is 0 Å². The van der Waals surface area contributed by atoms with Crippen LogP contribution in [-0.2, 0) is 0 Å². The van der Waals surface area contributed by atoms with Crippen LogP contribution in [0.15, 0.2) is 4.99 Å². The van der Waals surface area contributed by atoms with Gasteiger partial charge in [0, 0.05) is 17.3 Å². The van der Waals surface area contributed by atoms with E-state index >= 15 is 0 Å². The van der Waals surface area contributed by atoms with Crippen molar-refractivity contribution in [3.8, 4) is 0 Å². The predicted molar refractivity (Wildman–Crippen MR) is 66.1 cm³/mol. The molecule has 0 aromatic rings. The molecule has 3 heteroatoms. The minimum atomic E-state index is 0.273. The van der Waals surface area contributed by atoms with E-state index in [1.165, 1.54) is 19.3 Å². The third-order valence-electron chi connectivity index (χ3n) is 2.76. The molecule has 0 spiro atoms. The lowest BCUT2D eigenvalue weighted by Crippen LogP contribution is -2.39. The first-order chi connectivity index (χ1) is 6.59. The summed E-state index contributed by atoms with van der Waals surface area (Å²) < 4.78 is 0. The van der Waals surface area contributed by atoms with E-state index in [4.69, 9.17) is 0 Å². The Labute approximate surface area is 92.0 Å². The van der Waals surface area contributed by atoms with Crippen LogP contribution in [0.4, 0.5) is 0 Å². The van der Waals surface area contributed by atoms with Crippen LogP contribution in [0.25, 0.3) is 0 Å². The minimum absolute atomic E-state index is 0.273. The molecule has 2 atom stereocenters. The molecule has 1 aliphatic rings. The molecule has 1 aliphatic heterocycles. The van der Waals surface area contributed by atoms with E-state index in [1.54, 1.807) is 0 Å². The molecule has 0 saturated carbocycles. The van der Waals surface area contributed by atoms with Crippen molar-refractivity contribution in [2.45, 2.75) is 58.5 Å². The molecule has 14 heavy (non-hydrogen) atoms. The monoisotopic (exact) mass is 214 g/mol. The zero-order chi connectivity index (χ0) is 10.6. The molecule has 1 rings (SSSR count). The van der Waals surface area contributed by atoms with Crippen molar-refractivity contribution in [2.75, 3.05) is 5.75 Å². The summed E-state index contributed by atoms with van der Waals surface area (Å²) in [5, 5.41) is 4.67. The average molecular weight is 214 g/mol. The van der Waals surface area contributed by atoms with Gasteiger partial charge in [-0.25, -0.2) is 0 Å². The molecule has 2 unspecified atom stereocenters. The number of rotatable bonds is 4. The lowest BCUT2D eigenvalue weighted by Gasteiger charge is -2.21. The van der Waals surface area contributed by atoms with Crippen molar-refractivity contribution in [1.82, 2.24) is 5.32 Å². The molecule has 0 aliphatic carbocycles. The van der Waals surface area contributed by atoms with Gasteiger partial charge in [0.15, 0.2) is 5.17 Å². The maximum absolute atomic E-state index is 4.68. The molecule has 2 nitrogen and oxygen atoms in total. The molecule has 0 amide bonds. The van der Waals surface area contributed by atoms with Crippen LogP contribution in [0, 0.1) is 0 Å². The first kappa shape index (κ1) is 11.9. The van der Waals surface area contributed by atoms with Gasteiger partial charge in [-0.3, -0.25) is 4.99 Å². The number of nitrogens with zero attached hydrogens (tertiary/aromatic N) is 1. The third-order valence-corrected chi connectivity index (χ3v) is 4.02. The van der Waals surface area contributed by atoms with E-state index in [0.717, 1.165) is 10.9 Å². The summed E-state index contributed by atoms with van der Waals surface area (Å²) in [6.07, 6.45) is 3.57. The first-order valence-electron chi connectivity index (χ1n) is 5.58. The fraction of sp³-hybridized carbons (Fsp3) is 0.909. The molecule has 1 heterocycles. The van der Waals surface area contributed by atoms with Gasteiger partial charge in [0.25, 0.3) is 0 Å². The Morgan fingerprint density at radius 2 is 2.29 bits per heavy atom. The summed E-state index contributed by atoms with van der Waals surface area (Å²) in [4.78, 5) is 4.68. The standard InChI is InChI=1S/C11H22N2S/c1-5-7-9(3)12-10-13-11(4,6-2)8-14-10/h9H,5-8H2,1-4H3,(H,12,13). The molecule has 1 saturated heterocycles. The van der Waals surface area contributed by atoms with Crippen LogP contribution >= 0.6 is 11.8 Å². The molecule has 0 aromatic heterocycles. The Balaban J connectivity index is 2.48. The highest BCUT2D eigenvalue weighted by molar-refractivity contribution is 8.14. The van der Waals surface area contributed by atoms with E-state index in [9.17, 15) is 0 Å². The molecule has 1 N–H and O–H groups in total. The van der Waals surface area contributed by atoms with Gasteiger partial charge in [-0.2, -0.15) is 0 Å². The van der Waals surface area contributed by atoms with E-state index in [0.29, 0.717) is 6.04 Å². The lowest BCUT2D eigenvalue weighted by atomic mass is 10.0. The predicted octanol–water partition coefficient (Wildman–Crippen LogP) is 3.04. The lowest BCUT2D eigenvalue weighted by molar-refractivity contribution is 0.465. The van der Waals surface area contributed by atoms with Gasteiger partial charge in [-0.1, -0.05) is 32.0 Å². The number of hydrogen-bond acceptors (Lipinski definition) is 2.